The monoisotopic (exact) mass is 472 g/mol. The molecule has 0 aliphatic rings. The summed E-state index contributed by atoms with van der Waals surface area (Å²) in [6.07, 6.45) is 3.25. The van der Waals surface area contributed by atoms with Crippen LogP contribution in [0.1, 0.15) is 30.7 Å². The van der Waals surface area contributed by atoms with Gasteiger partial charge in [-0.05, 0) is 60.9 Å². The number of aromatic amines is 1. The van der Waals surface area contributed by atoms with Gasteiger partial charge in [0, 0.05) is 23.6 Å². The fraction of sp³-hybridized carbons (Fsp3) is 0.154. The molecule has 0 bridgehead atoms. The van der Waals surface area contributed by atoms with E-state index in [4.69, 9.17) is 0 Å². The molecule has 3 aromatic carbocycles. The zero-order valence-electron chi connectivity index (χ0n) is 19.1. The van der Waals surface area contributed by atoms with E-state index in [0.29, 0.717) is 40.1 Å². The van der Waals surface area contributed by atoms with Crippen LogP contribution in [0, 0.1) is 5.92 Å². The summed E-state index contributed by atoms with van der Waals surface area (Å²) in [6.45, 7) is 3.99. The lowest BCUT2D eigenvalue weighted by Crippen LogP contribution is -2.17. The molecule has 0 aliphatic heterocycles. The van der Waals surface area contributed by atoms with Gasteiger partial charge in [-0.1, -0.05) is 13.8 Å². The Bertz CT molecular complexity index is 1520. The maximum atomic E-state index is 12.5. The first-order valence-corrected chi connectivity index (χ1v) is 10.9. The van der Waals surface area contributed by atoms with Gasteiger partial charge in [-0.3, -0.25) is 14.8 Å². The third-order valence-electron chi connectivity index (χ3n) is 5.17. The molecule has 4 rings (SSSR count). The molecule has 35 heavy (non-hydrogen) atoms. The van der Waals surface area contributed by atoms with Gasteiger partial charge in [0.2, 0.25) is 0 Å². The molecule has 0 saturated carbocycles. The normalized spacial score (nSPS) is 11.9. The lowest BCUT2D eigenvalue weighted by molar-refractivity contribution is 0.459. The van der Waals surface area contributed by atoms with Gasteiger partial charge >= 0.3 is 0 Å². The number of fused-ring (bicyclic) bond motifs is 1. The molecule has 0 radical (unpaired) electrons. The molecule has 9 heteroatoms. The van der Waals surface area contributed by atoms with Crippen molar-refractivity contribution in [1.29, 1.82) is 0 Å². The molecule has 0 fully saturated rings. The van der Waals surface area contributed by atoms with Gasteiger partial charge in [0.15, 0.2) is 0 Å². The molecular formula is C26H24N4O5. The molecule has 5 N–H and O–H groups in total. The van der Waals surface area contributed by atoms with Gasteiger partial charge in [-0.2, -0.15) is 0 Å². The van der Waals surface area contributed by atoms with Gasteiger partial charge < -0.3 is 25.4 Å². The van der Waals surface area contributed by atoms with E-state index in [1.165, 1.54) is 48.8 Å². The highest BCUT2D eigenvalue weighted by Gasteiger charge is 2.11. The number of benzene rings is 3. The number of H-pyrrole nitrogens is 1. The first-order chi connectivity index (χ1) is 16.7. The number of hydrogen-bond acceptors (Lipinski definition) is 8. The topological polar surface area (TPSA) is 151 Å². The average Bonchev–Trinajstić information content (AvgIpc) is 2.80. The van der Waals surface area contributed by atoms with Crippen LogP contribution in [0.3, 0.4) is 0 Å². The summed E-state index contributed by atoms with van der Waals surface area (Å²) in [5.41, 5.74) is 2.36. The lowest BCUT2D eigenvalue weighted by Gasteiger charge is -2.08. The maximum absolute atomic E-state index is 12.5. The largest absolute Gasteiger partial charge is 0.508 e. The molecule has 0 amide bonds. The summed E-state index contributed by atoms with van der Waals surface area (Å²) in [7, 11) is 0. The van der Waals surface area contributed by atoms with E-state index in [-0.39, 0.29) is 40.0 Å². The first kappa shape index (κ1) is 23.5. The Labute approximate surface area is 200 Å². The molecule has 4 aromatic rings. The first-order valence-electron chi connectivity index (χ1n) is 10.9. The van der Waals surface area contributed by atoms with Crippen molar-refractivity contribution in [2.45, 2.75) is 20.3 Å². The van der Waals surface area contributed by atoms with Crippen LogP contribution in [0.5, 0.6) is 23.0 Å². The second-order valence-electron chi connectivity index (χ2n) is 8.47. The number of hydrogen-bond donors (Lipinski definition) is 5. The minimum Gasteiger partial charge on any atom is -0.508 e. The standard InChI is InChI=1S/C26H24N4O5/c1-14(2)7-23-26(35)30-22-11-20(28-13-16-9-18(32)4-6-25(16)34)19(10-21(22)29-23)27-12-15-8-17(31)3-5-24(15)33/h3-6,8-14,31-34H,7H2,1-2H3,(H,30,35). The highest BCUT2D eigenvalue weighted by molar-refractivity contribution is 5.93. The molecule has 1 heterocycles. The Morgan fingerprint density at radius 1 is 0.857 bits per heavy atom. The third-order valence-corrected chi connectivity index (χ3v) is 5.17. The van der Waals surface area contributed by atoms with Crippen LogP contribution in [0.15, 0.2) is 63.3 Å². The highest BCUT2D eigenvalue weighted by atomic mass is 16.3. The molecule has 9 nitrogen and oxygen atoms in total. The Morgan fingerprint density at radius 2 is 1.40 bits per heavy atom. The van der Waals surface area contributed by atoms with Crippen molar-refractivity contribution in [2.24, 2.45) is 15.9 Å². The van der Waals surface area contributed by atoms with Gasteiger partial charge in [0.25, 0.3) is 5.56 Å². The number of aromatic hydroxyl groups is 4. The molecular weight excluding hydrogens is 448 g/mol. The van der Waals surface area contributed by atoms with Gasteiger partial charge in [-0.25, -0.2) is 4.98 Å². The van der Waals surface area contributed by atoms with E-state index in [2.05, 4.69) is 20.0 Å². The average molecular weight is 473 g/mol. The number of phenols is 4. The maximum Gasteiger partial charge on any atom is 0.270 e. The summed E-state index contributed by atoms with van der Waals surface area (Å²) in [5.74, 6) is 0.0369. The summed E-state index contributed by atoms with van der Waals surface area (Å²) in [6, 6.07) is 11.4. The predicted molar refractivity (Wildman–Crippen MR) is 135 cm³/mol. The Kier molecular flexibility index (Phi) is 6.50. The number of nitrogens with one attached hydrogen (secondary N) is 1. The van der Waals surface area contributed by atoms with E-state index in [9.17, 15) is 25.2 Å². The summed E-state index contributed by atoms with van der Waals surface area (Å²) in [5, 5.41) is 39.6. The van der Waals surface area contributed by atoms with Gasteiger partial charge in [0.1, 0.15) is 28.7 Å². The molecule has 1 aromatic heterocycles. The number of aromatic nitrogens is 2. The minimum atomic E-state index is -0.285. The number of aliphatic imine (C=N–C) groups is 2. The number of rotatable bonds is 6. The van der Waals surface area contributed by atoms with E-state index in [1.807, 2.05) is 13.8 Å². The zero-order chi connectivity index (χ0) is 25.1. The van der Waals surface area contributed by atoms with Crippen molar-refractivity contribution in [2.75, 3.05) is 0 Å². The van der Waals surface area contributed by atoms with Crippen molar-refractivity contribution < 1.29 is 20.4 Å². The predicted octanol–water partition coefficient (Wildman–Crippen LogP) is 4.45. The van der Waals surface area contributed by atoms with E-state index in [0.717, 1.165) is 0 Å². The van der Waals surface area contributed by atoms with Crippen LogP contribution < -0.4 is 5.56 Å². The van der Waals surface area contributed by atoms with Crippen LogP contribution in [0.2, 0.25) is 0 Å². The van der Waals surface area contributed by atoms with Crippen molar-refractivity contribution >= 4 is 34.8 Å². The summed E-state index contributed by atoms with van der Waals surface area (Å²) < 4.78 is 0. The third kappa shape index (κ3) is 5.47. The smallest absolute Gasteiger partial charge is 0.270 e. The van der Waals surface area contributed by atoms with Crippen LogP contribution in [0.4, 0.5) is 11.4 Å². The Morgan fingerprint density at radius 3 is 1.94 bits per heavy atom. The second-order valence-corrected chi connectivity index (χ2v) is 8.47. The fourth-order valence-electron chi connectivity index (χ4n) is 3.45. The van der Waals surface area contributed by atoms with E-state index in [1.54, 1.807) is 12.1 Å². The van der Waals surface area contributed by atoms with Crippen molar-refractivity contribution in [3.8, 4) is 23.0 Å². The molecule has 0 aliphatic carbocycles. The summed E-state index contributed by atoms with van der Waals surface area (Å²) in [4.78, 5) is 28.7. The fourth-order valence-corrected chi connectivity index (χ4v) is 3.45. The zero-order valence-corrected chi connectivity index (χ0v) is 19.1. The van der Waals surface area contributed by atoms with Gasteiger partial charge in [0.05, 0.1) is 22.4 Å². The second kappa shape index (κ2) is 9.68. The van der Waals surface area contributed by atoms with Crippen LogP contribution in [-0.4, -0.2) is 42.8 Å². The molecule has 0 unspecified atom stereocenters. The lowest BCUT2D eigenvalue weighted by atomic mass is 10.1. The minimum absolute atomic E-state index is 0.0297. The quantitative estimate of drug-likeness (QED) is 0.207. The van der Waals surface area contributed by atoms with Crippen LogP contribution >= 0.6 is 0 Å². The Balaban J connectivity index is 1.85. The molecule has 178 valence electrons. The summed E-state index contributed by atoms with van der Waals surface area (Å²) >= 11 is 0. The number of phenolic OH excluding ortho intramolecular Hbond substituents is 4. The molecule has 0 atom stereocenters. The van der Waals surface area contributed by atoms with Crippen molar-refractivity contribution in [3.63, 3.8) is 0 Å². The molecule has 0 saturated heterocycles. The number of nitrogens with zero attached hydrogens (tertiary/aromatic N) is 3. The van der Waals surface area contributed by atoms with Crippen LogP contribution in [-0.2, 0) is 6.42 Å². The SMILES string of the molecule is CC(C)Cc1nc2cc(N=Cc3cc(O)ccc3O)c(N=Cc3cc(O)ccc3O)cc2[nH]c1=O. The highest BCUT2D eigenvalue weighted by Crippen LogP contribution is 2.33. The van der Waals surface area contributed by atoms with E-state index >= 15 is 0 Å². The van der Waals surface area contributed by atoms with Gasteiger partial charge in [-0.15, -0.1) is 0 Å². The van der Waals surface area contributed by atoms with Crippen molar-refractivity contribution in [1.82, 2.24) is 9.97 Å². The van der Waals surface area contributed by atoms with E-state index < -0.39 is 0 Å². The van der Waals surface area contributed by atoms with Crippen molar-refractivity contribution in [3.05, 3.63) is 75.7 Å². The van der Waals surface area contributed by atoms with Crippen LogP contribution in [0.25, 0.3) is 11.0 Å². The Hall–Kier alpha value is -4.66. The molecule has 0 spiro atoms.